The average Bonchev–Trinajstić information content (AvgIpc) is 3.42. The van der Waals surface area contributed by atoms with Gasteiger partial charge in [-0.15, -0.1) is 0 Å². The fourth-order valence-corrected chi connectivity index (χ4v) is 4.04. The molecule has 0 aliphatic carbocycles. The zero-order valence-corrected chi connectivity index (χ0v) is 20.7. The second kappa shape index (κ2) is 13.7. The summed E-state index contributed by atoms with van der Waals surface area (Å²) in [6.45, 7) is 8.15. The highest BCUT2D eigenvalue weighted by Gasteiger charge is 2.28. The topological polar surface area (TPSA) is 106 Å². The van der Waals surface area contributed by atoms with E-state index in [1.54, 1.807) is 13.4 Å². The van der Waals surface area contributed by atoms with Crippen LogP contribution < -0.4 is 20.3 Å². The number of anilines is 1. The fraction of sp³-hybridized carbons (Fsp3) is 0.520. The maximum atomic E-state index is 12.4. The molecule has 0 saturated carbocycles. The highest BCUT2D eigenvalue weighted by Crippen LogP contribution is 2.25. The molecule has 2 aromatic rings. The minimum Gasteiger partial charge on any atom is -0.497 e. The third-order valence-electron chi connectivity index (χ3n) is 5.86. The summed E-state index contributed by atoms with van der Waals surface area (Å²) in [6, 6.07) is 11.6. The molecule has 192 valence electrons. The van der Waals surface area contributed by atoms with Gasteiger partial charge in [-0.3, -0.25) is 14.5 Å². The van der Waals surface area contributed by atoms with Crippen LogP contribution in [-0.4, -0.2) is 82.6 Å². The molecular weight excluding hydrogens is 452 g/mol. The number of amides is 2. The maximum absolute atomic E-state index is 12.4. The summed E-state index contributed by atoms with van der Waals surface area (Å²) in [5.74, 6) is 0.148. The van der Waals surface area contributed by atoms with Crippen LogP contribution in [-0.2, 0) is 19.1 Å². The first-order valence-electron chi connectivity index (χ1n) is 12.0. The van der Waals surface area contributed by atoms with Crippen LogP contribution in [0.15, 0.2) is 47.1 Å². The monoisotopic (exact) mass is 488 g/mol. The van der Waals surface area contributed by atoms with Gasteiger partial charge in [0.15, 0.2) is 6.29 Å². The number of nitrogens with zero attached hydrogens (tertiary/aromatic N) is 2. The average molecular weight is 489 g/mol. The van der Waals surface area contributed by atoms with E-state index in [0.29, 0.717) is 13.2 Å². The van der Waals surface area contributed by atoms with Crippen LogP contribution in [0.1, 0.15) is 25.6 Å². The molecule has 0 spiro atoms. The van der Waals surface area contributed by atoms with Gasteiger partial charge >= 0.3 is 11.8 Å². The van der Waals surface area contributed by atoms with Crippen molar-refractivity contribution >= 4 is 17.5 Å². The SMILES string of the molecule is CCOC(CNC(=O)C(=O)NC[C@@H](c1ccco1)N1CCN(c2ccc(OC)cc2)CC1)OCC. The van der Waals surface area contributed by atoms with Crippen molar-refractivity contribution in [3.05, 3.63) is 48.4 Å². The number of piperazine rings is 1. The summed E-state index contributed by atoms with van der Waals surface area (Å²) in [6.07, 6.45) is 1.03. The van der Waals surface area contributed by atoms with E-state index in [0.717, 1.165) is 43.4 Å². The zero-order valence-electron chi connectivity index (χ0n) is 20.7. The first-order chi connectivity index (χ1) is 17.0. The quantitative estimate of drug-likeness (QED) is 0.344. The molecule has 2 heterocycles. The van der Waals surface area contributed by atoms with Crippen molar-refractivity contribution in [2.45, 2.75) is 26.2 Å². The lowest BCUT2D eigenvalue weighted by molar-refractivity contribution is -0.146. The van der Waals surface area contributed by atoms with Crippen molar-refractivity contribution in [3.8, 4) is 5.75 Å². The predicted octanol–water partition coefficient (Wildman–Crippen LogP) is 1.78. The molecule has 1 atom stereocenters. The van der Waals surface area contributed by atoms with Crippen LogP contribution in [0.5, 0.6) is 5.75 Å². The Balaban J connectivity index is 1.53. The molecule has 1 fully saturated rings. The smallest absolute Gasteiger partial charge is 0.309 e. The normalized spacial score (nSPS) is 15.1. The number of nitrogens with one attached hydrogen (secondary N) is 2. The third kappa shape index (κ3) is 7.71. The summed E-state index contributed by atoms with van der Waals surface area (Å²) >= 11 is 0. The van der Waals surface area contributed by atoms with Gasteiger partial charge in [0.1, 0.15) is 11.5 Å². The van der Waals surface area contributed by atoms with E-state index in [9.17, 15) is 9.59 Å². The van der Waals surface area contributed by atoms with Crippen molar-refractivity contribution in [1.82, 2.24) is 15.5 Å². The number of hydrogen-bond donors (Lipinski definition) is 2. The van der Waals surface area contributed by atoms with E-state index >= 15 is 0 Å². The summed E-state index contributed by atoms with van der Waals surface area (Å²) in [4.78, 5) is 29.3. The van der Waals surface area contributed by atoms with Crippen molar-refractivity contribution in [2.75, 3.05) is 64.5 Å². The second-order valence-electron chi connectivity index (χ2n) is 8.01. The molecule has 0 bridgehead atoms. The van der Waals surface area contributed by atoms with Crippen LogP contribution in [0.25, 0.3) is 0 Å². The minimum absolute atomic E-state index is 0.100. The Morgan fingerprint density at radius 1 is 0.943 bits per heavy atom. The predicted molar refractivity (Wildman–Crippen MR) is 131 cm³/mol. The Morgan fingerprint density at radius 3 is 2.11 bits per heavy atom. The van der Waals surface area contributed by atoms with E-state index in [2.05, 4.69) is 32.6 Å². The molecule has 3 rings (SSSR count). The standard InChI is InChI=1S/C25H36N4O6/c1-4-33-23(34-5-2)18-27-25(31)24(30)26-17-21(22-7-6-16-35-22)29-14-12-28(13-15-29)19-8-10-20(32-3)11-9-19/h6-11,16,21,23H,4-5,12-15,17-18H2,1-3H3,(H,26,30)(H,27,31)/t21-/m0/s1. The van der Waals surface area contributed by atoms with Crippen LogP contribution in [0, 0.1) is 0 Å². The van der Waals surface area contributed by atoms with Crippen LogP contribution in [0.4, 0.5) is 5.69 Å². The Hall–Kier alpha value is -3.08. The van der Waals surface area contributed by atoms with Gasteiger partial charge < -0.3 is 34.2 Å². The Morgan fingerprint density at radius 2 is 1.57 bits per heavy atom. The molecular formula is C25H36N4O6. The van der Waals surface area contributed by atoms with E-state index in [-0.39, 0.29) is 19.1 Å². The first kappa shape index (κ1) is 26.5. The molecule has 1 aromatic carbocycles. The lowest BCUT2D eigenvalue weighted by atomic mass is 10.1. The first-order valence-corrected chi connectivity index (χ1v) is 12.0. The number of hydrogen-bond acceptors (Lipinski definition) is 8. The van der Waals surface area contributed by atoms with Gasteiger partial charge in [-0.2, -0.15) is 0 Å². The van der Waals surface area contributed by atoms with Gasteiger partial charge in [-0.1, -0.05) is 0 Å². The Kier molecular flexibility index (Phi) is 10.4. The number of rotatable bonds is 12. The molecule has 1 aliphatic heterocycles. The number of carbonyl (C=O) groups excluding carboxylic acids is 2. The van der Waals surface area contributed by atoms with Crippen LogP contribution >= 0.6 is 0 Å². The van der Waals surface area contributed by atoms with Crippen molar-refractivity contribution in [1.29, 1.82) is 0 Å². The van der Waals surface area contributed by atoms with Gasteiger partial charge in [0.25, 0.3) is 0 Å². The van der Waals surface area contributed by atoms with Crippen molar-refractivity contribution in [2.24, 2.45) is 0 Å². The van der Waals surface area contributed by atoms with Gasteiger partial charge in [0.05, 0.1) is 26.0 Å². The molecule has 0 unspecified atom stereocenters. The molecule has 1 aliphatic rings. The lowest BCUT2D eigenvalue weighted by Crippen LogP contribution is -2.51. The number of ether oxygens (including phenoxy) is 3. The largest absolute Gasteiger partial charge is 0.497 e. The zero-order chi connectivity index (χ0) is 25.0. The summed E-state index contributed by atoms with van der Waals surface area (Å²) in [5, 5.41) is 5.32. The van der Waals surface area contributed by atoms with Crippen LogP contribution in [0.2, 0.25) is 0 Å². The maximum Gasteiger partial charge on any atom is 0.309 e. The molecule has 10 heteroatoms. The number of carbonyl (C=O) groups is 2. The molecule has 35 heavy (non-hydrogen) atoms. The van der Waals surface area contributed by atoms with E-state index in [1.807, 2.05) is 38.1 Å². The molecule has 0 radical (unpaired) electrons. The van der Waals surface area contributed by atoms with Crippen molar-refractivity contribution in [3.63, 3.8) is 0 Å². The summed E-state index contributed by atoms with van der Waals surface area (Å²) < 4.78 is 21.7. The van der Waals surface area contributed by atoms with Crippen molar-refractivity contribution < 1.29 is 28.2 Å². The van der Waals surface area contributed by atoms with Gasteiger partial charge in [-0.05, 0) is 50.2 Å². The molecule has 2 amide bonds. The lowest BCUT2D eigenvalue weighted by Gasteiger charge is -2.39. The fourth-order valence-electron chi connectivity index (χ4n) is 4.04. The van der Waals surface area contributed by atoms with Gasteiger partial charge in [-0.25, -0.2) is 0 Å². The molecule has 2 N–H and O–H groups in total. The Bertz CT molecular complexity index is 891. The third-order valence-corrected chi connectivity index (χ3v) is 5.86. The number of benzene rings is 1. The van der Waals surface area contributed by atoms with E-state index < -0.39 is 18.1 Å². The highest BCUT2D eigenvalue weighted by molar-refractivity contribution is 6.35. The number of methoxy groups -OCH3 is 1. The summed E-state index contributed by atoms with van der Waals surface area (Å²) in [7, 11) is 1.66. The van der Waals surface area contributed by atoms with Crippen LogP contribution in [0.3, 0.4) is 0 Å². The van der Waals surface area contributed by atoms with Gasteiger partial charge in [0, 0.05) is 51.6 Å². The highest BCUT2D eigenvalue weighted by atomic mass is 16.7. The Labute approximate surface area is 206 Å². The van der Waals surface area contributed by atoms with Gasteiger partial charge in [0.2, 0.25) is 0 Å². The minimum atomic E-state index is -0.725. The van der Waals surface area contributed by atoms with E-state index in [4.69, 9.17) is 18.6 Å². The second-order valence-corrected chi connectivity index (χ2v) is 8.01. The summed E-state index contributed by atoms with van der Waals surface area (Å²) in [5.41, 5.74) is 1.14. The molecule has 10 nitrogen and oxygen atoms in total. The molecule has 1 aromatic heterocycles. The molecule has 1 saturated heterocycles. The number of furan rings is 1. The van der Waals surface area contributed by atoms with E-state index in [1.165, 1.54) is 0 Å².